The third-order valence-corrected chi connectivity index (χ3v) is 4.04. The standard InChI is InChI=1S/C12H16BrFN2O3S.ClH/c1-3-15-4-5-16-12(17)9-6-8(13)7-10(11(9)14)20(2,18)19;/h6-7,15H,3-5H2,1-2H3,(H,16,17);1H. The van der Waals surface area contributed by atoms with Crippen LogP contribution in [0, 0.1) is 5.82 Å². The van der Waals surface area contributed by atoms with E-state index in [0.717, 1.165) is 18.9 Å². The van der Waals surface area contributed by atoms with Gasteiger partial charge in [0.1, 0.15) is 4.90 Å². The molecule has 0 saturated heterocycles. The van der Waals surface area contributed by atoms with Gasteiger partial charge in [-0.15, -0.1) is 12.4 Å². The largest absolute Gasteiger partial charge is 0.351 e. The normalized spacial score (nSPS) is 10.9. The summed E-state index contributed by atoms with van der Waals surface area (Å²) in [6.45, 7) is 3.57. The average molecular weight is 404 g/mol. The zero-order valence-electron chi connectivity index (χ0n) is 11.6. The Morgan fingerprint density at radius 1 is 1.33 bits per heavy atom. The van der Waals surface area contributed by atoms with Crippen molar-refractivity contribution in [1.29, 1.82) is 0 Å². The van der Waals surface area contributed by atoms with Crippen LogP contribution in [0.15, 0.2) is 21.5 Å². The summed E-state index contributed by atoms with van der Waals surface area (Å²) in [5.74, 6) is -1.68. The highest BCUT2D eigenvalue weighted by molar-refractivity contribution is 9.10. The molecule has 1 rings (SSSR count). The van der Waals surface area contributed by atoms with Crippen molar-refractivity contribution in [2.45, 2.75) is 11.8 Å². The van der Waals surface area contributed by atoms with Crippen LogP contribution < -0.4 is 10.6 Å². The lowest BCUT2D eigenvalue weighted by Gasteiger charge is -2.09. The number of rotatable bonds is 6. The molecule has 0 saturated carbocycles. The van der Waals surface area contributed by atoms with E-state index in [1.807, 2.05) is 6.92 Å². The zero-order valence-corrected chi connectivity index (χ0v) is 14.8. The molecule has 1 aromatic carbocycles. The van der Waals surface area contributed by atoms with E-state index in [1.165, 1.54) is 6.07 Å². The number of halogens is 3. The van der Waals surface area contributed by atoms with Gasteiger partial charge >= 0.3 is 0 Å². The first-order chi connectivity index (χ1) is 9.27. The fourth-order valence-electron chi connectivity index (χ4n) is 1.54. The maximum atomic E-state index is 14.1. The first kappa shape index (κ1) is 20.3. The number of likely N-dealkylation sites (N-methyl/N-ethyl adjacent to an activating group) is 1. The van der Waals surface area contributed by atoms with Crippen LogP contribution in [0.5, 0.6) is 0 Å². The van der Waals surface area contributed by atoms with Gasteiger partial charge in [0.05, 0.1) is 5.56 Å². The second kappa shape index (κ2) is 8.67. The number of hydrogen-bond acceptors (Lipinski definition) is 4. The van der Waals surface area contributed by atoms with Crippen LogP contribution in [0.3, 0.4) is 0 Å². The second-order valence-corrected chi connectivity index (χ2v) is 7.05. The summed E-state index contributed by atoms with van der Waals surface area (Å²) >= 11 is 3.08. The van der Waals surface area contributed by atoms with Gasteiger partial charge in [0.2, 0.25) is 0 Å². The smallest absolute Gasteiger partial charge is 0.254 e. The van der Waals surface area contributed by atoms with E-state index in [1.54, 1.807) is 0 Å². The SMILES string of the molecule is CCNCCNC(=O)c1cc(Br)cc(S(C)(=O)=O)c1F.Cl. The van der Waals surface area contributed by atoms with Gasteiger partial charge in [-0.05, 0) is 18.7 Å². The molecule has 1 aromatic rings. The molecular formula is C12H17BrClFN2O3S. The molecule has 9 heteroatoms. The van der Waals surface area contributed by atoms with Gasteiger partial charge < -0.3 is 10.6 Å². The maximum absolute atomic E-state index is 14.1. The van der Waals surface area contributed by atoms with Gasteiger partial charge in [-0.1, -0.05) is 22.9 Å². The Morgan fingerprint density at radius 3 is 2.48 bits per heavy atom. The zero-order chi connectivity index (χ0) is 15.3. The molecule has 0 fully saturated rings. The van der Waals surface area contributed by atoms with Crippen molar-refractivity contribution in [2.75, 3.05) is 25.9 Å². The number of benzene rings is 1. The van der Waals surface area contributed by atoms with Crippen molar-refractivity contribution in [2.24, 2.45) is 0 Å². The van der Waals surface area contributed by atoms with Crippen LogP contribution in [0.1, 0.15) is 17.3 Å². The number of sulfone groups is 1. The molecule has 0 spiro atoms. The monoisotopic (exact) mass is 402 g/mol. The second-order valence-electron chi connectivity index (χ2n) is 4.15. The summed E-state index contributed by atoms with van der Waals surface area (Å²) in [5, 5.41) is 5.53. The van der Waals surface area contributed by atoms with E-state index >= 15 is 0 Å². The van der Waals surface area contributed by atoms with Gasteiger partial charge in [0, 0.05) is 23.8 Å². The van der Waals surface area contributed by atoms with Crippen molar-refractivity contribution in [3.63, 3.8) is 0 Å². The van der Waals surface area contributed by atoms with Crippen molar-refractivity contribution >= 4 is 44.1 Å². The van der Waals surface area contributed by atoms with Crippen molar-refractivity contribution in [1.82, 2.24) is 10.6 Å². The predicted molar refractivity (Wildman–Crippen MR) is 85.3 cm³/mol. The van der Waals surface area contributed by atoms with Gasteiger partial charge in [-0.2, -0.15) is 0 Å². The highest BCUT2D eigenvalue weighted by Gasteiger charge is 2.21. The third-order valence-electron chi connectivity index (χ3n) is 2.49. The molecule has 0 unspecified atom stereocenters. The number of carbonyl (C=O) groups is 1. The van der Waals surface area contributed by atoms with E-state index in [2.05, 4.69) is 26.6 Å². The first-order valence-electron chi connectivity index (χ1n) is 5.95. The Hall–Kier alpha value is -0.700. The quantitative estimate of drug-likeness (QED) is 0.710. The number of hydrogen-bond donors (Lipinski definition) is 2. The lowest BCUT2D eigenvalue weighted by molar-refractivity contribution is 0.0949. The average Bonchev–Trinajstić information content (AvgIpc) is 2.35. The molecule has 0 bridgehead atoms. The molecule has 0 heterocycles. The Kier molecular flexibility index (Phi) is 8.38. The molecular weight excluding hydrogens is 387 g/mol. The topological polar surface area (TPSA) is 75.3 Å². The van der Waals surface area contributed by atoms with Crippen molar-refractivity contribution < 1.29 is 17.6 Å². The van der Waals surface area contributed by atoms with Gasteiger partial charge in [0.15, 0.2) is 15.7 Å². The summed E-state index contributed by atoms with van der Waals surface area (Å²) in [6, 6.07) is 2.40. The lowest BCUT2D eigenvalue weighted by atomic mass is 10.2. The molecule has 2 N–H and O–H groups in total. The molecule has 0 aliphatic carbocycles. The Balaban J connectivity index is 0.00000400. The van der Waals surface area contributed by atoms with Crippen LogP contribution in [-0.4, -0.2) is 40.2 Å². The van der Waals surface area contributed by atoms with Gasteiger partial charge in [0.25, 0.3) is 5.91 Å². The number of amides is 1. The van der Waals surface area contributed by atoms with E-state index < -0.39 is 26.5 Å². The van der Waals surface area contributed by atoms with Crippen LogP contribution in [0.2, 0.25) is 0 Å². The Morgan fingerprint density at radius 2 is 1.95 bits per heavy atom. The van der Waals surface area contributed by atoms with Crippen LogP contribution in [-0.2, 0) is 9.84 Å². The number of nitrogens with one attached hydrogen (secondary N) is 2. The Labute approximate surface area is 138 Å². The third kappa shape index (κ3) is 5.90. The van der Waals surface area contributed by atoms with Crippen LogP contribution >= 0.6 is 28.3 Å². The minimum atomic E-state index is -3.74. The van der Waals surface area contributed by atoms with E-state index in [4.69, 9.17) is 0 Å². The molecule has 0 aliphatic heterocycles. The van der Waals surface area contributed by atoms with Gasteiger partial charge in [-0.25, -0.2) is 12.8 Å². The van der Waals surface area contributed by atoms with Crippen LogP contribution in [0.4, 0.5) is 4.39 Å². The molecule has 1 amide bonds. The van der Waals surface area contributed by atoms with Crippen molar-refractivity contribution in [3.8, 4) is 0 Å². The number of carbonyl (C=O) groups excluding carboxylic acids is 1. The Bertz CT molecular complexity index is 611. The van der Waals surface area contributed by atoms with E-state index in [0.29, 0.717) is 17.6 Å². The highest BCUT2D eigenvalue weighted by Crippen LogP contribution is 2.24. The maximum Gasteiger partial charge on any atom is 0.254 e. The summed E-state index contributed by atoms with van der Waals surface area (Å²) in [4.78, 5) is 11.4. The molecule has 0 aromatic heterocycles. The molecule has 0 atom stereocenters. The summed E-state index contributed by atoms with van der Waals surface area (Å²) in [7, 11) is -3.74. The van der Waals surface area contributed by atoms with Crippen molar-refractivity contribution in [3.05, 3.63) is 28.0 Å². The van der Waals surface area contributed by atoms with Gasteiger partial charge in [-0.3, -0.25) is 4.79 Å². The molecule has 5 nitrogen and oxygen atoms in total. The highest BCUT2D eigenvalue weighted by atomic mass is 79.9. The summed E-state index contributed by atoms with van der Waals surface area (Å²) < 4.78 is 37.4. The fourth-order valence-corrected chi connectivity index (χ4v) is 2.92. The fraction of sp³-hybridized carbons (Fsp3) is 0.417. The van der Waals surface area contributed by atoms with E-state index in [-0.39, 0.29) is 18.0 Å². The predicted octanol–water partition coefficient (Wildman–Crippen LogP) is 1.75. The lowest BCUT2D eigenvalue weighted by Crippen LogP contribution is -2.32. The molecule has 0 aliphatic rings. The first-order valence-corrected chi connectivity index (χ1v) is 8.63. The summed E-state index contributed by atoms with van der Waals surface area (Å²) in [6.07, 6.45) is 0.894. The molecule has 0 radical (unpaired) electrons. The summed E-state index contributed by atoms with van der Waals surface area (Å²) in [5.41, 5.74) is -0.295. The van der Waals surface area contributed by atoms with E-state index in [9.17, 15) is 17.6 Å². The molecule has 120 valence electrons. The molecule has 21 heavy (non-hydrogen) atoms. The minimum Gasteiger partial charge on any atom is -0.351 e. The van der Waals surface area contributed by atoms with Crippen LogP contribution in [0.25, 0.3) is 0 Å². The minimum absolute atomic E-state index is 0.